The van der Waals surface area contributed by atoms with Crippen LogP contribution < -0.4 is 5.32 Å². The van der Waals surface area contributed by atoms with Gasteiger partial charge in [0.2, 0.25) is 11.7 Å². The van der Waals surface area contributed by atoms with Crippen molar-refractivity contribution in [1.29, 1.82) is 0 Å². The van der Waals surface area contributed by atoms with Gasteiger partial charge in [0.15, 0.2) is 0 Å². The number of allylic oxidation sites excluding steroid dienone is 2. The molecule has 1 amide bonds. The summed E-state index contributed by atoms with van der Waals surface area (Å²) in [6, 6.07) is 0. The number of hydrogen-bond donors (Lipinski definition) is 2. The zero-order valence-corrected chi connectivity index (χ0v) is 15.0. The molecule has 3 unspecified atom stereocenters. The van der Waals surface area contributed by atoms with Crippen molar-refractivity contribution in [3.05, 3.63) is 11.8 Å². The molecule has 4 aliphatic rings. The molecule has 3 fully saturated rings. The summed E-state index contributed by atoms with van der Waals surface area (Å²) < 4.78 is 0. The summed E-state index contributed by atoms with van der Waals surface area (Å²) >= 11 is 0. The number of piperidine rings is 1. The van der Waals surface area contributed by atoms with E-state index in [2.05, 4.69) is 25.2 Å². The highest BCUT2D eigenvalue weighted by Gasteiger charge is 2.60. The highest BCUT2D eigenvalue weighted by atomic mass is 16.4. The molecule has 136 valence electrons. The Labute approximate surface area is 148 Å². The maximum atomic E-state index is 12.2. The van der Waals surface area contributed by atoms with Crippen LogP contribution in [0.5, 0.6) is 0 Å². The van der Waals surface area contributed by atoms with Crippen LogP contribution >= 0.6 is 0 Å². The SMILES string of the molecule is C[C@]12CCC(=O)NC1=CCC1C2CC[C@@]2(C)C1CC[C@@H]2C(=O)C(=O)O. The number of nitrogens with one attached hydrogen (secondary N) is 1. The van der Waals surface area contributed by atoms with E-state index in [4.69, 9.17) is 0 Å². The van der Waals surface area contributed by atoms with Gasteiger partial charge in [0.1, 0.15) is 0 Å². The molecule has 3 aliphatic carbocycles. The van der Waals surface area contributed by atoms with Crippen molar-refractivity contribution < 1.29 is 19.5 Å². The van der Waals surface area contributed by atoms with E-state index in [-0.39, 0.29) is 22.7 Å². The van der Waals surface area contributed by atoms with Gasteiger partial charge < -0.3 is 10.4 Å². The van der Waals surface area contributed by atoms with Crippen LogP contribution in [0.25, 0.3) is 0 Å². The van der Waals surface area contributed by atoms with Crippen molar-refractivity contribution in [2.75, 3.05) is 0 Å². The Balaban J connectivity index is 1.65. The molecule has 0 aromatic rings. The number of amides is 1. The first-order chi connectivity index (χ1) is 11.8. The van der Waals surface area contributed by atoms with Crippen LogP contribution in [0.3, 0.4) is 0 Å². The number of carboxylic acid groups (broad SMARTS) is 1. The van der Waals surface area contributed by atoms with E-state index < -0.39 is 11.8 Å². The number of carboxylic acids is 1. The van der Waals surface area contributed by atoms with Gasteiger partial charge in [-0.1, -0.05) is 19.9 Å². The molecule has 0 aromatic heterocycles. The minimum Gasteiger partial charge on any atom is -0.475 e. The van der Waals surface area contributed by atoms with Crippen molar-refractivity contribution >= 4 is 17.7 Å². The van der Waals surface area contributed by atoms with Gasteiger partial charge in [-0.25, -0.2) is 4.79 Å². The average molecular weight is 345 g/mol. The number of carbonyl (C=O) groups is 3. The lowest BCUT2D eigenvalue weighted by atomic mass is 9.49. The monoisotopic (exact) mass is 345 g/mol. The quantitative estimate of drug-likeness (QED) is 0.754. The number of aliphatic carboxylic acids is 1. The second-order valence-corrected chi connectivity index (χ2v) is 9.04. The van der Waals surface area contributed by atoms with E-state index >= 15 is 0 Å². The topological polar surface area (TPSA) is 83.5 Å². The molecule has 0 aromatic carbocycles. The summed E-state index contributed by atoms with van der Waals surface area (Å²) in [5, 5.41) is 12.3. The Morgan fingerprint density at radius 1 is 1.16 bits per heavy atom. The average Bonchev–Trinajstić information content (AvgIpc) is 2.92. The molecule has 1 heterocycles. The number of fused-ring (bicyclic) bond motifs is 5. The highest BCUT2D eigenvalue weighted by molar-refractivity contribution is 6.33. The van der Waals surface area contributed by atoms with E-state index in [9.17, 15) is 19.5 Å². The summed E-state index contributed by atoms with van der Waals surface area (Å²) in [5.74, 6) is -0.657. The maximum Gasteiger partial charge on any atom is 0.372 e. The highest BCUT2D eigenvalue weighted by Crippen LogP contribution is 2.65. The third kappa shape index (κ3) is 2.24. The van der Waals surface area contributed by atoms with Crippen LogP contribution in [0.2, 0.25) is 0 Å². The predicted molar refractivity (Wildman–Crippen MR) is 91.4 cm³/mol. The number of hydrogen-bond acceptors (Lipinski definition) is 3. The first kappa shape index (κ1) is 16.8. The van der Waals surface area contributed by atoms with E-state index in [0.29, 0.717) is 30.6 Å². The number of rotatable bonds is 2. The van der Waals surface area contributed by atoms with Crippen LogP contribution in [-0.2, 0) is 14.4 Å². The fourth-order valence-corrected chi connectivity index (χ4v) is 6.77. The number of carbonyl (C=O) groups excluding carboxylic acids is 2. The van der Waals surface area contributed by atoms with Crippen LogP contribution in [-0.4, -0.2) is 22.8 Å². The van der Waals surface area contributed by atoms with Crippen LogP contribution in [0.15, 0.2) is 11.8 Å². The molecule has 25 heavy (non-hydrogen) atoms. The Morgan fingerprint density at radius 3 is 2.64 bits per heavy atom. The van der Waals surface area contributed by atoms with E-state index in [0.717, 1.165) is 37.8 Å². The zero-order valence-electron chi connectivity index (χ0n) is 15.0. The van der Waals surface area contributed by atoms with Gasteiger partial charge in [-0.05, 0) is 61.7 Å². The Morgan fingerprint density at radius 2 is 1.92 bits per heavy atom. The predicted octanol–water partition coefficient (Wildman–Crippen LogP) is 2.90. The van der Waals surface area contributed by atoms with Gasteiger partial charge in [0.05, 0.1) is 0 Å². The lowest BCUT2D eigenvalue weighted by Gasteiger charge is -2.57. The molecule has 6 atom stereocenters. The second kappa shape index (κ2) is 5.42. The van der Waals surface area contributed by atoms with Gasteiger partial charge in [-0.15, -0.1) is 0 Å². The molecule has 0 bridgehead atoms. The van der Waals surface area contributed by atoms with E-state index in [1.807, 2.05) is 0 Å². The van der Waals surface area contributed by atoms with Gasteiger partial charge in [0, 0.05) is 23.5 Å². The minimum atomic E-state index is -1.28. The van der Waals surface area contributed by atoms with Crippen LogP contribution in [0.1, 0.15) is 58.8 Å². The number of ketones is 1. The Hall–Kier alpha value is -1.65. The third-order valence-corrected chi connectivity index (χ3v) is 8.14. The normalized spacial score (nSPS) is 45.5. The first-order valence-electron chi connectivity index (χ1n) is 9.55. The van der Waals surface area contributed by atoms with Crippen molar-refractivity contribution in [3.8, 4) is 0 Å². The van der Waals surface area contributed by atoms with Gasteiger partial charge >= 0.3 is 5.97 Å². The first-order valence-corrected chi connectivity index (χ1v) is 9.55. The fraction of sp³-hybridized carbons (Fsp3) is 0.750. The number of Topliss-reactive ketones (excluding diaryl/α,β-unsaturated/α-hetero) is 1. The van der Waals surface area contributed by atoms with Gasteiger partial charge in [0.25, 0.3) is 0 Å². The van der Waals surface area contributed by atoms with E-state index in [1.54, 1.807) is 0 Å². The summed E-state index contributed by atoms with van der Waals surface area (Å²) in [6.45, 7) is 4.43. The molecule has 0 spiro atoms. The summed E-state index contributed by atoms with van der Waals surface area (Å²) in [7, 11) is 0. The lowest BCUT2D eigenvalue weighted by Crippen LogP contribution is -2.53. The lowest BCUT2D eigenvalue weighted by molar-refractivity contribution is -0.154. The summed E-state index contributed by atoms with van der Waals surface area (Å²) in [5.41, 5.74) is 0.938. The molecule has 1 aliphatic heterocycles. The molecule has 4 rings (SSSR count). The fourth-order valence-electron chi connectivity index (χ4n) is 6.77. The molecule has 0 radical (unpaired) electrons. The molecular weight excluding hydrogens is 318 g/mol. The van der Waals surface area contributed by atoms with Crippen molar-refractivity contribution in [2.45, 2.75) is 58.8 Å². The molecular formula is C20H27NO4. The Bertz CT molecular complexity index is 683. The van der Waals surface area contributed by atoms with Crippen molar-refractivity contribution in [1.82, 2.24) is 5.32 Å². The standard InChI is InChI=1S/C20H27NO4/c1-19-9-7-13-11(12(19)4-5-14(19)17(23)18(24)25)3-6-15-20(13,2)10-8-16(22)21-15/h6,11-14H,3-5,7-10H2,1-2H3,(H,21,22)(H,24,25)/t11?,12?,13?,14-,19+,20-/m1/s1. The second-order valence-electron chi connectivity index (χ2n) is 9.04. The Kier molecular flexibility index (Phi) is 3.64. The van der Waals surface area contributed by atoms with Crippen molar-refractivity contribution in [3.63, 3.8) is 0 Å². The summed E-state index contributed by atoms with van der Waals surface area (Å²) in [4.78, 5) is 35.3. The molecule has 5 nitrogen and oxygen atoms in total. The largest absolute Gasteiger partial charge is 0.475 e. The smallest absolute Gasteiger partial charge is 0.372 e. The molecule has 1 saturated heterocycles. The zero-order chi connectivity index (χ0) is 18.0. The third-order valence-electron chi connectivity index (χ3n) is 8.14. The van der Waals surface area contributed by atoms with Crippen LogP contribution in [0, 0.1) is 34.5 Å². The van der Waals surface area contributed by atoms with E-state index in [1.165, 1.54) is 0 Å². The molecule has 5 heteroatoms. The van der Waals surface area contributed by atoms with Gasteiger partial charge in [-0.3, -0.25) is 9.59 Å². The van der Waals surface area contributed by atoms with Crippen molar-refractivity contribution in [2.24, 2.45) is 34.5 Å². The summed E-state index contributed by atoms with van der Waals surface area (Å²) in [6.07, 6.45) is 8.21. The minimum absolute atomic E-state index is 0.0209. The molecule has 2 saturated carbocycles. The molecule has 2 N–H and O–H groups in total. The maximum absolute atomic E-state index is 12.2. The van der Waals surface area contributed by atoms with Gasteiger partial charge in [-0.2, -0.15) is 0 Å². The van der Waals surface area contributed by atoms with Crippen LogP contribution in [0.4, 0.5) is 0 Å².